The molecule has 7 heteroatoms. The lowest BCUT2D eigenvalue weighted by Crippen LogP contribution is -2.38. The highest BCUT2D eigenvalue weighted by molar-refractivity contribution is 7.17. The summed E-state index contributed by atoms with van der Waals surface area (Å²) in [5.41, 5.74) is 2.99. The van der Waals surface area contributed by atoms with Crippen molar-refractivity contribution in [1.82, 2.24) is 19.8 Å². The van der Waals surface area contributed by atoms with E-state index in [1.807, 2.05) is 36.6 Å². The first-order valence-corrected chi connectivity index (χ1v) is 11.3. The summed E-state index contributed by atoms with van der Waals surface area (Å²) in [5, 5.41) is 5.56. The molecule has 1 amide bonds. The Balaban J connectivity index is 1.68. The number of benzene rings is 1. The molecule has 0 radical (unpaired) electrons. The lowest BCUT2D eigenvalue weighted by Gasteiger charge is -2.24. The van der Waals surface area contributed by atoms with Crippen molar-refractivity contribution >= 4 is 27.5 Å². The number of aryl methyl sites for hydroxylation is 2. The second kappa shape index (κ2) is 10.00. The SMILES string of the molecule is CCN(CCNC(=O)CCn1cnc2scc(-c3ccc(C)cc3)c2c1=O)C(C)C. The molecule has 0 saturated heterocycles. The fourth-order valence-corrected chi connectivity index (χ4v) is 4.41. The normalized spacial score (nSPS) is 11.5. The lowest BCUT2D eigenvalue weighted by atomic mass is 10.1. The Bertz CT molecular complexity index is 1050. The van der Waals surface area contributed by atoms with Gasteiger partial charge in [-0.05, 0) is 32.9 Å². The standard InChI is InChI=1S/C23H30N4O2S/c1-5-26(16(2)3)13-11-24-20(28)10-12-27-15-25-22-21(23(27)29)19(14-30-22)18-8-6-17(4)7-9-18/h6-9,14-16H,5,10-13H2,1-4H3,(H,24,28). The maximum absolute atomic E-state index is 13.1. The largest absolute Gasteiger partial charge is 0.355 e. The first kappa shape index (κ1) is 22.2. The summed E-state index contributed by atoms with van der Waals surface area (Å²) in [4.78, 5) is 32.8. The van der Waals surface area contributed by atoms with E-state index in [-0.39, 0.29) is 17.9 Å². The van der Waals surface area contributed by atoms with Gasteiger partial charge in [-0.2, -0.15) is 0 Å². The summed E-state index contributed by atoms with van der Waals surface area (Å²) in [6.45, 7) is 11.2. The minimum atomic E-state index is -0.0957. The molecule has 0 atom stereocenters. The maximum Gasteiger partial charge on any atom is 0.262 e. The monoisotopic (exact) mass is 426 g/mol. The summed E-state index contributed by atoms with van der Waals surface area (Å²) in [6.07, 6.45) is 1.80. The molecular formula is C23H30N4O2S. The van der Waals surface area contributed by atoms with Gasteiger partial charge in [-0.1, -0.05) is 36.8 Å². The minimum Gasteiger partial charge on any atom is -0.355 e. The zero-order chi connectivity index (χ0) is 21.7. The summed E-state index contributed by atoms with van der Waals surface area (Å²) >= 11 is 1.47. The number of thiophene rings is 1. The van der Waals surface area contributed by atoms with E-state index in [2.05, 4.69) is 36.0 Å². The van der Waals surface area contributed by atoms with Crippen molar-refractivity contribution in [3.8, 4) is 11.1 Å². The summed E-state index contributed by atoms with van der Waals surface area (Å²) in [7, 11) is 0. The molecule has 0 aliphatic carbocycles. The van der Waals surface area contributed by atoms with Crippen LogP contribution in [0, 0.1) is 6.92 Å². The molecule has 0 aliphatic heterocycles. The number of aromatic nitrogens is 2. The number of carbonyl (C=O) groups excluding carboxylic acids is 1. The molecule has 2 aromatic heterocycles. The quantitative estimate of drug-likeness (QED) is 0.567. The van der Waals surface area contributed by atoms with E-state index in [9.17, 15) is 9.59 Å². The summed E-state index contributed by atoms with van der Waals surface area (Å²) in [6, 6.07) is 8.58. The molecule has 160 valence electrons. The van der Waals surface area contributed by atoms with Crippen LogP contribution < -0.4 is 10.9 Å². The molecule has 30 heavy (non-hydrogen) atoms. The van der Waals surface area contributed by atoms with E-state index in [0.29, 0.717) is 24.5 Å². The Morgan fingerprint density at radius 1 is 1.27 bits per heavy atom. The number of carbonyl (C=O) groups is 1. The smallest absolute Gasteiger partial charge is 0.262 e. The van der Waals surface area contributed by atoms with Crippen LogP contribution in [0.2, 0.25) is 0 Å². The number of rotatable bonds is 9. The summed E-state index contributed by atoms with van der Waals surface area (Å²) < 4.78 is 1.54. The van der Waals surface area contributed by atoms with Gasteiger partial charge in [0.1, 0.15) is 4.83 Å². The van der Waals surface area contributed by atoms with Gasteiger partial charge in [0.25, 0.3) is 5.56 Å². The van der Waals surface area contributed by atoms with E-state index in [4.69, 9.17) is 0 Å². The number of fused-ring (bicyclic) bond motifs is 1. The highest BCUT2D eigenvalue weighted by atomic mass is 32.1. The lowest BCUT2D eigenvalue weighted by molar-refractivity contribution is -0.121. The van der Waals surface area contributed by atoms with Gasteiger partial charge in [-0.3, -0.25) is 19.1 Å². The van der Waals surface area contributed by atoms with Crippen molar-refractivity contribution in [2.24, 2.45) is 0 Å². The van der Waals surface area contributed by atoms with Crippen LogP contribution in [-0.2, 0) is 11.3 Å². The molecule has 2 heterocycles. The molecule has 6 nitrogen and oxygen atoms in total. The molecule has 0 saturated carbocycles. The van der Waals surface area contributed by atoms with Gasteiger partial charge in [-0.25, -0.2) is 4.98 Å². The van der Waals surface area contributed by atoms with Crippen LogP contribution in [0.4, 0.5) is 0 Å². The van der Waals surface area contributed by atoms with Gasteiger partial charge < -0.3 is 5.32 Å². The molecule has 1 aromatic carbocycles. The van der Waals surface area contributed by atoms with Crippen molar-refractivity contribution in [3.63, 3.8) is 0 Å². The molecule has 0 spiro atoms. The number of hydrogen-bond acceptors (Lipinski definition) is 5. The van der Waals surface area contributed by atoms with Gasteiger partial charge in [0.2, 0.25) is 5.91 Å². The van der Waals surface area contributed by atoms with Gasteiger partial charge in [-0.15, -0.1) is 11.3 Å². The molecule has 0 bridgehead atoms. The van der Waals surface area contributed by atoms with Gasteiger partial charge in [0, 0.05) is 43.0 Å². The third kappa shape index (κ3) is 5.15. The third-order valence-electron chi connectivity index (χ3n) is 5.36. The van der Waals surface area contributed by atoms with Gasteiger partial charge >= 0.3 is 0 Å². The van der Waals surface area contributed by atoms with E-state index in [1.54, 1.807) is 10.9 Å². The van der Waals surface area contributed by atoms with E-state index >= 15 is 0 Å². The predicted octanol–water partition coefficient (Wildman–Crippen LogP) is 3.67. The van der Waals surface area contributed by atoms with Crippen molar-refractivity contribution in [2.75, 3.05) is 19.6 Å². The number of nitrogens with one attached hydrogen (secondary N) is 1. The van der Waals surface area contributed by atoms with Crippen molar-refractivity contribution < 1.29 is 4.79 Å². The average Bonchev–Trinajstić information content (AvgIpc) is 3.16. The Labute approximate surface area is 181 Å². The second-order valence-corrected chi connectivity index (χ2v) is 8.62. The number of hydrogen-bond donors (Lipinski definition) is 1. The minimum absolute atomic E-state index is 0.0501. The first-order chi connectivity index (χ1) is 14.4. The zero-order valence-electron chi connectivity index (χ0n) is 18.1. The van der Waals surface area contributed by atoms with Crippen molar-refractivity contribution in [1.29, 1.82) is 0 Å². The number of nitrogens with zero attached hydrogens (tertiary/aromatic N) is 3. The molecule has 0 unspecified atom stereocenters. The van der Waals surface area contributed by atoms with Crippen LogP contribution in [0.3, 0.4) is 0 Å². The molecule has 0 aliphatic rings. The van der Waals surface area contributed by atoms with Crippen LogP contribution in [0.25, 0.3) is 21.3 Å². The van der Waals surface area contributed by atoms with Crippen LogP contribution in [0.15, 0.2) is 40.8 Å². The van der Waals surface area contributed by atoms with Gasteiger partial charge in [0.05, 0.1) is 11.7 Å². The van der Waals surface area contributed by atoms with E-state index in [1.165, 1.54) is 16.9 Å². The highest BCUT2D eigenvalue weighted by Gasteiger charge is 2.14. The van der Waals surface area contributed by atoms with Crippen LogP contribution >= 0.6 is 11.3 Å². The maximum atomic E-state index is 13.1. The molecule has 3 aromatic rings. The predicted molar refractivity (Wildman–Crippen MR) is 124 cm³/mol. The Morgan fingerprint density at radius 2 is 2.00 bits per heavy atom. The number of likely N-dealkylation sites (N-methyl/N-ethyl adjacent to an activating group) is 1. The second-order valence-electron chi connectivity index (χ2n) is 7.76. The molecular weight excluding hydrogens is 396 g/mol. The van der Waals surface area contributed by atoms with E-state index < -0.39 is 0 Å². The highest BCUT2D eigenvalue weighted by Crippen LogP contribution is 2.30. The fourth-order valence-electron chi connectivity index (χ4n) is 3.50. The van der Waals surface area contributed by atoms with E-state index in [0.717, 1.165) is 29.0 Å². The Hall–Kier alpha value is -2.51. The molecule has 3 rings (SSSR count). The third-order valence-corrected chi connectivity index (χ3v) is 6.25. The summed E-state index contributed by atoms with van der Waals surface area (Å²) in [5.74, 6) is -0.0501. The average molecular weight is 427 g/mol. The molecule has 0 fully saturated rings. The van der Waals surface area contributed by atoms with Gasteiger partial charge in [0.15, 0.2) is 0 Å². The number of amides is 1. The van der Waals surface area contributed by atoms with Crippen LogP contribution in [0.1, 0.15) is 32.8 Å². The van der Waals surface area contributed by atoms with Crippen LogP contribution in [0.5, 0.6) is 0 Å². The van der Waals surface area contributed by atoms with Crippen LogP contribution in [-0.4, -0.2) is 46.0 Å². The van der Waals surface area contributed by atoms with Crippen molar-refractivity contribution in [2.45, 2.75) is 46.7 Å². The first-order valence-electron chi connectivity index (χ1n) is 10.4. The van der Waals surface area contributed by atoms with Crippen molar-refractivity contribution in [3.05, 3.63) is 51.9 Å². The Kier molecular flexibility index (Phi) is 7.39. The fraction of sp³-hybridized carbons (Fsp3) is 0.435. The topological polar surface area (TPSA) is 67.2 Å². The molecule has 1 N–H and O–H groups in total. The zero-order valence-corrected chi connectivity index (χ0v) is 19.0. The Morgan fingerprint density at radius 3 is 2.67 bits per heavy atom.